The number of nitrogens with two attached hydrogens (primary N) is 1. The number of carbonyl (C=O) groups excluding carboxylic acids is 1. The van der Waals surface area contributed by atoms with Crippen molar-refractivity contribution in [1.82, 2.24) is 24.8 Å². The highest BCUT2D eigenvalue weighted by atomic mass is 31.2. The van der Waals surface area contributed by atoms with E-state index in [0.717, 1.165) is 25.7 Å². The maximum atomic E-state index is 13.2. The average molecular weight is 727 g/mol. The van der Waals surface area contributed by atoms with E-state index < -0.39 is 49.7 Å². The molecule has 1 aliphatic heterocycles. The molecule has 14 nitrogen and oxygen atoms in total. The van der Waals surface area contributed by atoms with Gasteiger partial charge in [0.15, 0.2) is 17.3 Å². The normalized spacial score (nSPS) is 20.1. The smallest absolute Gasteiger partial charge is 0.408 e. The number of aromatic nitrogens is 4. The number of anilines is 1. The van der Waals surface area contributed by atoms with Crippen LogP contribution in [0.5, 0.6) is 0 Å². The molecule has 15 heteroatoms. The van der Waals surface area contributed by atoms with Gasteiger partial charge in [0.25, 0.3) is 0 Å². The van der Waals surface area contributed by atoms with Crippen molar-refractivity contribution in [2.24, 2.45) is 0 Å². The molecule has 0 aromatic carbocycles. The first-order valence-corrected chi connectivity index (χ1v) is 20.2. The first-order valence-electron chi connectivity index (χ1n) is 18.4. The second-order valence-electron chi connectivity index (χ2n) is 14.9. The molecule has 1 fully saturated rings. The van der Waals surface area contributed by atoms with Crippen molar-refractivity contribution in [2.75, 3.05) is 18.7 Å². The molecule has 0 saturated carbocycles. The summed E-state index contributed by atoms with van der Waals surface area (Å²) in [5.41, 5.74) is 6.13. The molecule has 286 valence electrons. The number of nitrogen functional groups attached to an aromatic ring is 1. The van der Waals surface area contributed by atoms with Crippen LogP contribution >= 0.6 is 7.60 Å². The fourth-order valence-electron chi connectivity index (χ4n) is 6.11. The number of ether oxygens (including phenoxy) is 4. The summed E-state index contributed by atoms with van der Waals surface area (Å²) in [6.07, 6.45) is 15.9. The number of carbonyl (C=O) groups is 1. The number of fused-ring (bicyclic) bond motifs is 1. The number of nitrogens with one attached hydrogen (secondary N) is 1. The predicted molar refractivity (Wildman–Crippen MR) is 194 cm³/mol. The standard InChI is InChI=1S/C35H63N6O8P/c1-8-9-10-11-12-13-14-15-16-17-18-19-20-28-30(48-35(6,7)47-28)27(40-33(42)49-34(3,4)5)22-46-50(43,44)25-45-26(2)21-41-24-39-29-31(36)37-23-38-32(29)41/h23-24,26-28,30H,8-22,25H2,1-7H3,(H,40,42)(H,43,44)(H2,36,37,38)/t26-,27+,28-,30+/m1/s1. The van der Waals surface area contributed by atoms with Gasteiger partial charge in [0.2, 0.25) is 0 Å². The first kappa shape index (κ1) is 42.1. The van der Waals surface area contributed by atoms with Gasteiger partial charge in [0, 0.05) is 0 Å². The Hall–Kier alpha value is -2.35. The molecule has 2 aromatic rings. The van der Waals surface area contributed by atoms with E-state index in [4.69, 9.17) is 29.2 Å². The number of imidazole rings is 1. The van der Waals surface area contributed by atoms with Gasteiger partial charge in [0.1, 0.15) is 29.9 Å². The van der Waals surface area contributed by atoms with Gasteiger partial charge in [-0.3, -0.25) is 4.57 Å². The SMILES string of the molecule is CCCCCCCCCCCCCC[C@H]1OC(C)(C)O[C@H]1[C@H](COP(=O)(O)CO[C@H](C)Cn1cnc2c(N)ncnc21)NC(=O)OC(C)(C)C. The van der Waals surface area contributed by atoms with Crippen molar-refractivity contribution in [3.63, 3.8) is 0 Å². The Labute approximate surface area is 298 Å². The molecule has 2 aromatic heterocycles. The Morgan fingerprint density at radius 2 is 1.66 bits per heavy atom. The minimum Gasteiger partial charge on any atom is -0.444 e. The highest BCUT2D eigenvalue weighted by Gasteiger charge is 2.46. The Bertz CT molecular complexity index is 1350. The molecule has 0 aliphatic carbocycles. The van der Waals surface area contributed by atoms with E-state index in [1.54, 1.807) is 38.6 Å². The van der Waals surface area contributed by atoms with Crippen molar-refractivity contribution in [3.05, 3.63) is 12.7 Å². The second kappa shape index (κ2) is 20.0. The molecule has 3 rings (SSSR count). The summed E-state index contributed by atoms with van der Waals surface area (Å²) in [7, 11) is -4.25. The summed E-state index contributed by atoms with van der Waals surface area (Å²) < 4.78 is 44.2. The number of hydrogen-bond acceptors (Lipinski definition) is 11. The lowest BCUT2D eigenvalue weighted by atomic mass is 9.99. The number of rotatable bonds is 23. The predicted octanol–water partition coefficient (Wildman–Crippen LogP) is 7.48. The van der Waals surface area contributed by atoms with E-state index in [-0.39, 0.29) is 18.5 Å². The zero-order valence-electron chi connectivity index (χ0n) is 31.4. The van der Waals surface area contributed by atoms with Crippen LogP contribution in [0.1, 0.15) is 132 Å². The lowest BCUT2D eigenvalue weighted by Crippen LogP contribution is -2.51. The van der Waals surface area contributed by atoms with Crippen LogP contribution in [0, 0.1) is 0 Å². The molecule has 0 bridgehead atoms. The Kier molecular flexibility index (Phi) is 16.9. The summed E-state index contributed by atoms with van der Waals surface area (Å²) in [6, 6.07) is -0.825. The maximum absolute atomic E-state index is 13.2. The van der Waals surface area contributed by atoms with Crippen LogP contribution in [0.2, 0.25) is 0 Å². The van der Waals surface area contributed by atoms with Crippen molar-refractivity contribution in [2.45, 2.75) is 174 Å². The molecule has 1 aliphatic rings. The summed E-state index contributed by atoms with van der Waals surface area (Å²) in [6.45, 7) is 12.9. The fraction of sp³-hybridized carbons (Fsp3) is 0.829. The van der Waals surface area contributed by atoms with Crippen molar-refractivity contribution in [3.8, 4) is 0 Å². The number of hydrogen-bond donors (Lipinski definition) is 3. The van der Waals surface area contributed by atoms with Crippen LogP contribution in [0.4, 0.5) is 10.6 Å². The van der Waals surface area contributed by atoms with Crippen LogP contribution in [-0.4, -0.2) is 79.2 Å². The summed E-state index contributed by atoms with van der Waals surface area (Å²) in [5, 5.41) is 2.82. The van der Waals surface area contributed by atoms with Gasteiger partial charge in [-0.1, -0.05) is 84.0 Å². The highest BCUT2D eigenvalue weighted by molar-refractivity contribution is 7.52. The summed E-state index contributed by atoms with van der Waals surface area (Å²) in [4.78, 5) is 36.1. The van der Waals surface area contributed by atoms with Gasteiger partial charge in [-0.25, -0.2) is 19.7 Å². The van der Waals surface area contributed by atoms with E-state index in [1.165, 1.54) is 64.1 Å². The maximum Gasteiger partial charge on any atom is 0.408 e. The third-order valence-electron chi connectivity index (χ3n) is 8.52. The van der Waals surface area contributed by atoms with Gasteiger partial charge < -0.3 is 44.0 Å². The van der Waals surface area contributed by atoms with E-state index >= 15 is 0 Å². The van der Waals surface area contributed by atoms with Gasteiger partial charge in [0.05, 0.1) is 37.7 Å². The molecule has 0 spiro atoms. The van der Waals surface area contributed by atoms with Gasteiger partial charge >= 0.3 is 13.7 Å². The number of unbranched alkanes of at least 4 members (excludes halogenated alkanes) is 11. The molecular weight excluding hydrogens is 663 g/mol. The topological polar surface area (TPSA) is 182 Å². The quantitative estimate of drug-likeness (QED) is 0.0760. The lowest BCUT2D eigenvalue weighted by Gasteiger charge is -2.29. The van der Waals surface area contributed by atoms with Crippen molar-refractivity contribution >= 4 is 30.7 Å². The summed E-state index contributed by atoms with van der Waals surface area (Å²) >= 11 is 0. The van der Waals surface area contributed by atoms with Crippen molar-refractivity contribution < 1.29 is 37.7 Å². The highest BCUT2D eigenvalue weighted by Crippen LogP contribution is 2.43. The molecule has 1 unspecified atom stereocenters. The van der Waals surface area contributed by atoms with Crippen LogP contribution in [0.25, 0.3) is 11.2 Å². The monoisotopic (exact) mass is 726 g/mol. The summed E-state index contributed by atoms with van der Waals surface area (Å²) in [5.74, 6) is -0.643. The van der Waals surface area contributed by atoms with E-state index in [2.05, 4.69) is 27.2 Å². The molecule has 0 radical (unpaired) electrons. The van der Waals surface area contributed by atoms with E-state index in [9.17, 15) is 14.3 Å². The molecule has 5 atom stereocenters. The van der Waals surface area contributed by atoms with E-state index in [0.29, 0.717) is 17.7 Å². The first-order chi connectivity index (χ1) is 23.6. The second-order valence-corrected chi connectivity index (χ2v) is 16.7. The molecule has 1 amide bonds. The molecule has 50 heavy (non-hydrogen) atoms. The third-order valence-corrected chi connectivity index (χ3v) is 9.55. The Morgan fingerprint density at radius 1 is 1.04 bits per heavy atom. The van der Waals surface area contributed by atoms with Crippen molar-refractivity contribution in [1.29, 1.82) is 0 Å². The molecule has 3 heterocycles. The van der Waals surface area contributed by atoms with Crippen LogP contribution < -0.4 is 11.1 Å². The Morgan fingerprint density at radius 3 is 2.28 bits per heavy atom. The minimum atomic E-state index is -4.25. The van der Waals surface area contributed by atoms with Crippen LogP contribution in [-0.2, 0) is 34.6 Å². The lowest BCUT2D eigenvalue weighted by molar-refractivity contribution is -0.149. The average Bonchev–Trinajstić information content (AvgIpc) is 3.58. The fourth-order valence-corrected chi connectivity index (χ4v) is 7.02. The van der Waals surface area contributed by atoms with Gasteiger partial charge in [-0.15, -0.1) is 0 Å². The van der Waals surface area contributed by atoms with Gasteiger partial charge in [-0.2, -0.15) is 0 Å². The minimum absolute atomic E-state index is 0.265. The number of alkyl carbamates (subject to hydrolysis) is 1. The van der Waals surface area contributed by atoms with Crippen LogP contribution in [0.3, 0.4) is 0 Å². The Balaban J connectivity index is 1.53. The zero-order chi connectivity index (χ0) is 36.8. The molecule has 1 saturated heterocycles. The number of amides is 1. The molecular formula is C35H63N6O8P. The third kappa shape index (κ3) is 15.1. The van der Waals surface area contributed by atoms with Gasteiger partial charge in [-0.05, 0) is 48.0 Å². The van der Waals surface area contributed by atoms with Crippen LogP contribution in [0.15, 0.2) is 12.7 Å². The molecule has 4 N–H and O–H groups in total. The zero-order valence-corrected chi connectivity index (χ0v) is 32.3. The number of nitrogens with zero attached hydrogens (tertiary/aromatic N) is 4. The largest absolute Gasteiger partial charge is 0.444 e. The van der Waals surface area contributed by atoms with E-state index in [1.807, 2.05) is 13.8 Å².